The number of carbonyl (C=O) groups excluding carboxylic acids is 9. The summed E-state index contributed by atoms with van der Waals surface area (Å²) in [5.74, 6) is -6.55. The maximum absolute atomic E-state index is 15.1. The average Bonchev–Trinajstić information content (AvgIpc) is 1.64. The summed E-state index contributed by atoms with van der Waals surface area (Å²) < 4.78 is 74.2. The molecule has 8 amide bonds. The van der Waals surface area contributed by atoms with E-state index >= 15 is 13.2 Å². The van der Waals surface area contributed by atoms with Crippen LogP contribution in [0.5, 0.6) is 5.75 Å². The SMILES string of the molecule is COc1cc2cc(c1Cl)N(C)C(=O)C[C@H](OC(=O)[C@H](C)N(C)C(=O)c1ccc(NC(=O)[C@H](CCCNC(N)O)NC(=O)[C@@H](NC(=O)CCCCCN3C(=O)C=CC3=O)C(C)C)cc1C(F)(F)F)[C@]1(C)O[C@H]1C[C@@H]1C[C@@](O)(NC(=O)O1)[C@H](OC)/C=C/C=C(\C)C2. The van der Waals surface area contributed by atoms with Gasteiger partial charge < -0.3 is 59.6 Å². The molecule has 2 fully saturated rings. The van der Waals surface area contributed by atoms with Gasteiger partial charge in [0.05, 0.1) is 36.4 Å². The number of alkyl carbamates (subject to hydrolysis) is 1. The van der Waals surface area contributed by atoms with Crippen molar-refractivity contribution in [3.05, 3.63) is 88.0 Å². The highest BCUT2D eigenvalue weighted by molar-refractivity contribution is 6.35. The summed E-state index contributed by atoms with van der Waals surface area (Å²) >= 11 is 6.80. The monoisotopic (exact) mass is 1270 g/mol. The Hall–Kier alpha value is -7.47. The molecule has 29 heteroatoms. The molecule has 0 aliphatic carbocycles. The van der Waals surface area contributed by atoms with Crippen molar-refractivity contribution in [3.63, 3.8) is 0 Å². The zero-order valence-corrected chi connectivity index (χ0v) is 51.8. The van der Waals surface area contributed by atoms with Gasteiger partial charge in [-0.2, -0.15) is 13.2 Å². The lowest BCUT2D eigenvalue weighted by Gasteiger charge is -2.40. The van der Waals surface area contributed by atoms with Crippen molar-refractivity contribution in [1.82, 2.24) is 31.1 Å². The number of likely N-dealkylation sites (N-methyl/N-ethyl adjacent to an activating group) is 1. The summed E-state index contributed by atoms with van der Waals surface area (Å²) in [5.41, 5.74) is 0.722. The number of unbranched alkanes of at least 4 members (excludes halogenated alkanes) is 2. The van der Waals surface area contributed by atoms with Gasteiger partial charge >= 0.3 is 18.2 Å². The zero-order chi connectivity index (χ0) is 65.9. The van der Waals surface area contributed by atoms with Gasteiger partial charge in [-0.3, -0.25) is 54.8 Å². The number of benzene rings is 2. The number of nitrogens with one attached hydrogen (secondary N) is 5. The van der Waals surface area contributed by atoms with Gasteiger partial charge in [0, 0.05) is 64.9 Å². The molecular formula is C60H79ClF3N9O16. The van der Waals surface area contributed by atoms with Gasteiger partial charge in [-0.15, -0.1) is 0 Å². The Kier molecular flexibility index (Phi) is 24.1. The van der Waals surface area contributed by atoms with Crippen LogP contribution >= 0.6 is 11.6 Å². The van der Waals surface area contributed by atoms with Gasteiger partial charge in [-0.05, 0) is 101 Å². The van der Waals surface area contributed by atoms with Crippen LogP contribution in [0.15, 0.2) is 66.3 Å². The minimum atomic E-state index is -5.24. The van der Waals surface area contributed by atoms with E-state index < -0.39 is 149 Å². The number of imide groups is 1. The fourth-order valence-corrected chi connectivity index (χ4v) is 10.9. The van der Waals surface area contributed by atoms with Crippen molar-refractivity contribution in [2.75, 3.05) is 51.6 Å². The second-order valence-electron chi connectivity index (χ2n) is 23.0. The third kappa shape index (κ3) is 18.3. The molecule has 0 aromatic heterocycles. The van der Waals surface area contributed by atoms with Gasteiger partial charge in [0.25, 0.3) is 17.7 Å². The molecule has 1 unspecified atom stereocenters. The molecular weight excluding hydrogens is 1200 g/mol. The van der Waals surface area contributed by atoms with Crippen LogP contribution in [0.3, 0.4) is 0 Å². The largest absolute Gasteiger partial charge is 0.495 e. The van der Waals surface area contributed by atoms with Crippen molar-refractivity contribution in [2.45, 2.75) is 165 Å². The minimum Gasteiger partial charge on any atom is -0.495 e. The number of aliphatic hydroxyl groups is 2. The Morgan fingerprint density at radius 3 is 2.33 bits per heavy atom. The van der Waals surface area contributed by atoms with Crippen molar-refractivity contribution in [2.24, 2.45) is 11.7 Å². The molecule has 0 spiro atoms. The lowest BCUT2D eigenvalue weighted by atomic mass is 9.90. The summed E-state index contributed by atoms with van der Waals surface area (Å²) in [6.45, 7) is 8.04. The van der Waals surface area contributed by atoms with Crippen LogP contribution in [0.4, 0.5) is 29.3 Å². The first kappa shape index (κ1) is 70.6. The summed E-state index contributed by atoms with van der Waals surface area (Å²) in [7, 11) is 5.25. The van der Waals surface area contributed by atoms with E-state index in [9.17, 15) is 53.4 Å². The first-order valence-corrected chi connectivity index (χ1v) is 29.4. The van der Waals surface area contributed by atoms with E-state index in [0.29, 0.717) is 42.2 Å². The van der Waals surface area contributed by atoms with E-state index in [0.717, 1.165) is 29.7 Å². The maximum Gasteiger partial charge on any atom is 0.417 e. The van der Waals surface area contributed by atoms with Gasteiger partial charge in [0.1, 0.15) is 52.8 Å². The molecule has 0 saturated carbocycles. The standard InChI is InChI=1S/C60H79ClF3N9O16/c1-32(2)51(69-46(74)18-11-10-12-24-73-47(75)21-22-48(73)76)53(79)68-40(16-14-23-66-56(65)82)52(78)67-36-19-20-38(39(28-36)60(62,63)64)54(80)71(6)34(4)55(81)88-44-30-49(77)72(7)41-26-35(27-42(85-8)50(41)61)25-33(3)15-13-17-43(86-9)59(84)31-37(87-57(83)70-59)29-45-58(44,5)89-45/h13,15,17,19-22,26-28,32,34,37,40,43-45,51,56,66,82,84H,10-12,14,16,18,23-25,29-31,65H2,1-9H3,(H,67,78)(H,68,79)(H,69,74)(H,70,83)/b17-13+,33-15+/t34-,37+,40-,43+,44-,45-,51-,56?,58-,59-/m0/s1. The third-order valence-corrected chi connectivity index (χ3v) is 16.3. The highest BCUT2D eigenvalue weighted by Gasteiger charge is 2.62. The first-order chi connectivity index (χ1) is 41.8. The lowest BCUT2D eigenvalue weighted by Crippen LogP contribution is -2.62. The van der Waals surface area contributed by atoms with Crippen LogP contribution in [0, 0.1) is 5.92 Å². The van der Waals surface area contributed by atoms with Gasteiger partial charge in [-0.25, -0.2) is 9.59 Å². The number of epoxide rings is 1. The van der Waals surface area contributed by atoms with E-state index in [1.807, 2.05) is 6.92 Å². The first-order valence-electron chi connectivity index (χ1n) is 29.0. The smallest absolute Gasteiger partial charge is 0.417 e. The zero-order valence-electron chi connectivity index (χ0n) is 51.0. The quantitative estimate of drug-likeness (QED) is 0.0253. The fraction of sp³-hybridized carbons (Fsp3) is 0.550. The highest BCUT2D eigenvalue weighted by Crippen LogP contribution is 2.47. The van der Waals surface area contributed by atoms with Crippen LogP contribution in [-0.4, -0.2) is 175 Å². The minimum absolute atomic E-state index is 0.0196. The number of esters is 1. The van der Waals surface area contributed by atoms with Gasteiger partial charge in [0.2, 0.25) is 23.6 Å². The summed E-state index contributed by atoms with van der Waals surface area (Å²) in [6.07, 6.45) is -4.08. The normalized spacial score (nSPS) is 24.4. The predicted octanol–water partition coefficient (Wildman–Crippen LogP) is 4.26. The number of alkyl halides is 3. The number of carbonyl (C=O) groups is 9. The average molecular weight is 1270 g/mol. The number of hydrogen-bond donors (Lipinski definition) is 8. The molecule has 4 bridgehead atoms. The maximum atomic E-state index is 15.1. The van der Waals surface area contributed by atoms with Crippen molar-refractivity contribution in [1.29, 1.82) is 0 Å². The van der Waals surface area contributed by atoms with E-state index in [1.165, 1.54) is 52.2 Å². The summed E-state index contributed by atoms with van der Waals surface area (Å²) in [6, 6.07) is 1.42. The number of nitrogens with two attached hydrogens (primary N) is 1. The second kappa shape index (κ2) is 30.4. The number of rotatable bonds is 23. The Morgan fingerprint density at radius 1 is 0.989 bits per heavy atom. The molecule has 488 valence electrons. The van der Waals surface area contributed by atoms with Crippen LogP contribution in [-0.2, 0) is 65.1 Å². The number of halogens is 4. The molecule has 89 heavy (non-hydrogen) atoms. The Bertz CT molecular complexity index is 3070. The van der Waals surface area contributed by atoms with E-state index in [2.05, 4.69) is 26.6 Å². The molecule has 4 heterocycles. The highest BCUT2D eigenvalue weighted by atomic mass is 35.5. The molecule has 25 nitrogen and oxygen atoms in total. The molecule has 2 aromatic carbocycles. The number of anilines is 2. The summed E-state index contributed by atoms with van der Waals surface area (Å²) in [4.78, 5) is 123. The van der Waals surface area contributed by atoms with E-state index in [-0.39, 0.29) is 61.7 Å². The van der Waals surface area contributed by atoms with Gasteiger partial charge in [-0.1, -0.05) is 55.7 Å². The molecule has 10 atom stereocenters. The summed E-state index contributed by atoms with van der Waals surface area (Å²) in [5, 5.41) is 34.0. The second-order valence-corrected chi connectivity index (χ2v) is 23.3. The van der Waals surface area contributed by atoms with Gasteiger partial charge in [0.15, 0.2) is 12.1 Å². The molecule has 9 N–H and O–H groups in total. The van der Waals surface area contributed by atoms with Crippen LogP contribution < -0.4 is 42.0 Å². The Balaban J connectivity index is 1.20. The molecule has 4 aliphatic heterocycles. The topological polar surface area (TPSA) is 339 Å². The predicted molar refractivity (Wildman–Crippen MR) is 316 cm³/mol. The molecule has 4 aliphatic rings. The molecule has 0 radical (unpaired) electrons. The molecule has 2 aromatic rings. The van der Waals surface area contributed by atoms with E-state index in [4.69, 9.17) is 41.0 Å². The number of fused-ring (bicyclic) bond motifs is 5. The molecule has 2 saturated heterocycles. The van der Waals surface area contributed by atoms with Crippen molar-refractivity contribution >= 4 is 76.4 Å². The van der Waals surface area contributed by atoms with Crippen molar-refractivity contribution in [3.8, 4) is 5.75 Å². The number of allylic oxidation sites excluding steroid dienone is 3. The van der Waals surface area contributed by atoms with Crippen LogP contribution in [0.2, 0.25) is 5.02 Å². The fourth-order valence-electron chi connectivity index (χ4n) is 10.5. The van der Waals surface area contributed by atoms with Crippen molar-refractivity contribution < 1.29 is 90.2 Å². The van der Waals surface area contributed by atoms with Crippen LogP contribution in [0.25, 0.3) is 0 Å². The van der Waals surface area contributed by atoms with Crippen LogP contribution in [0.1, 0.15) is 114 Å². The Labute approximate surface area is 518 Å². The number of amides is 8. The number of hydrogen-bond acceptors (Lipinski definition) is 18. The van der Waals surface area contributed by atoms with E-state index in [1.54, 1.807) is 44.2 Å². The Morgan fingerprint density at radius 2 is 1.69 bits per heavy atom. The molecule has 6 rings (SSSR count). The lowest BCUT2D eigenvalue weighted by molar-refractivity contribution is -0.158. The number of nitrogens with zero attached hydrogens (tertiary/aromatic N) is 3. The number of ether oxygens (including phenoxy) is 5. The number of aliphatic hydroxyl groups excluding tert-OH is 1. The number of methoxy groups -OCH3 is 2. The third-order valence-electron chi connectivity index (χ3n) is 15.9.